The number of nitrogens with two attached hydrogens (primary N) is 1. The molecule has 0 aromatic carbocycles. The Morgan fingerprint density at radius 2 is 2.27 bits per heavy atom. The quantitative estimate of drug-likeness (QED) is 0.870. The highest BCUT2D eigenvalue weighted by Gasteiger charge is 2.28. The summed E-state index contributed by atoms with van der Waals surface area (Å²) in [7, 11) is 0. The Kier molecular flexibility index (Phi) is 3.66. The topological polar surface area (TPSA) is 118 Å². The van der Waals surface area contributed by atoms with Crippen LogP contribution in [0.4, 0.5) is 0 Å². The number of aromatic nitrogens is 3. The van der Waals surface area contributed by atoms with E-state index < -0.39 is 5.91 Å². The summed E-state index contributed by atoms with van der Waals surface area (Å²) in [5.41, 5.74) is 6.91. The van der Waals surface area contributed by atoms with E-state index in [1.807, 2.05) is 0 Å². The molecule has 0 unspecified atom stereocenters. The maximum Gasteiger partial charge on any atom is 0.292 e. The summed E-state index contributed by atoms with van der Waals surface area (Å²) in [6.45, 7) is 2.99. The second-order valence-corrected chi connectivity index (χ2v) is 5.50. The predicted octanol–water partition coefficient (Wildman–Crippen LogP) is 0.825. The first-order valence-corrected chi connectivity index (χ1v) is 7.12. The first-order valence-electron chi connectivity index (χ1n) is 7.12. The highest BCUT2D eigenvalue weighted by Crippen LogP contribution is 2.27. The van der Waals surface area contributed by atoms with Crippen LogP contribution in [0.3, 0.4) is 0 Å². The number of hydrogen-bond acceptors (Lipinski definition) is 5. The lowest BCUT2D eigenvalue weighted by atomic mass is 9.94. The highest BCUT2D eigenvalue weighted by atomic mass is 16.5. The molecule has 8 heteroatoms. The summed E-state index contributed by atoms with van der Waals surface area (Å²) in [4.78, 5) is 25.2. The third-order valence-corrected chi connectivity index (χ3v) is 3.84. The molecule has 2 aromatic rings. The summed E-state index contributed by atoms with van der Waals surface area (Å²) in [6.07, 6.45) is 1.79. The SMILES string of the molecule is Cc1cc(C(=O)N2CCC[C@@H](c3cc(C(N)=O)n[nH]3)C2)on1. The molecule has 3 rings (SSSR count). The average Bonchev–Trinajstić information content (AvgIpc) is 3.15. The van der Waals surface area contributed by atoms with Crippen LogP contribution in [0.5, 0.6) is 0 Å². The van der Waals surface area contributed by atoms with Gasteiger partial charge in [-0.3, -0.25) is 14.7 Å². The molecule has 0 spiro atoms. The van der Waals surface area contributed by atoms with Crippen LogP contribution in [0.1, 0.15) is 51.2 Å². The molecule has 1 aliphatic heterocycles. The summed E-state index contributed by atoms with van der Waals surface area (Å²) in [5, 5.41) is 10.5. The molecule has 22 heavy (non-hydrogen) atoms. The van der Waals surface area contributed by atoms with Crippen molar-refractivity contribution in [2.75, 3.05) is 13.1 Å². The second-order valence-electron chi connectivity index (χ2n) is 5.50. The Balaban J connectivity index is 1.73. The third kappa shape index (κ3) is 2.72. The van der Waals surface area contributed by atoms with E-state index in [9.17, 15) is 9.59 Å². The maximum atomic E-state index is 12.4. The fraction of sp³-hybridized carbons (Fsp3) is 0.429. The van der Waals surface area contributed by atoms with Gasteiger partial charge in [0, 0.05) is 30.8 Å². The molecule has 3 N–H and O–H groups in total. The molecule has 0 saturated carbocycles. The summed E-state index contributed by atoms with van der Waals surface area (Å²) < 4.78 is 5.03. The minimum absolute atomic E-state index is 0.0994. The van der Waals surface area contributed by atoms with Crippen LogP contribution in [-0.4, -0.2) is 45.2 Å². The Bertz CT molecular complexity index is 705. The van der Waals surface area contributed by atoms with Gasteiger partial charge in [0.25, 0.3) is 11.8 Å². The van der Waals surface area contributed by atoms with Crippen molar-refractivity contribution in [2.24, 2.45) is 5.73 Å². The molecule has 1 atom stereocenters. The highest BCUT2D eigenvalue weighted by molar-refractivity contribution is 5.92. The lowest BCUT2D eigenvalue weighted by Gasteiger charge is -2.31. The molecule has 8 nitrogen and oxygen atoms in total. The van der Waals surface area contributed by atoms with Gasteiger partial charge in [0.2, 0.25) is 5.76 Å². The molecule has 1 aliphatic rings. The lowest BCUT2D eigenvalue weighted by Crippen LogP contribution is -2.39. The minimum atomic E-state index is -0.566. The van der Waals surface area contributed by atoms with E-state index in [0.29, 0.717) is 18.8 Å². The van der Waals surface area contributed by atoms with Gasteiger partial charge in [-0.15, -0.1) is 0 Å². The van der Waals surface area contributed by atoms with Gasteiger partial charge in [0.15, 0.2) is 0 Å². The number of H-pyrrole nitrogens is 1. The number of primary amides is 1. The summed E-state index contributed by atoms with van der Waals surface area (Å²) in [5.74, 6) is -0.383. The van der Waals surface area contributed by atoms with Gasteiger partial charge < -0.3 is 15.2 Å². The zero-order chi connectivity index (χ0) is 15.7. The van der Waals surface area contributed by atoms with Crippen molar-refractivity contribution in [3.05, 3.63) is 35.0 Å². The Morgan fingerprint density at radius 1 is 1.45 bits per heavy atom. The van der Waals surface area contributed by atoms with Gasteiger partial charge in [-0.1, -0.05) is 5.16 Å². The van der Waals surface area contributed by atoms with E-state index in [1.54, 1.807) is 24.0 Å². The first-order chi connectivity index (χ1) is 10.5. The maximum absolute atomic E-state index is 12.4. The van der Waals surface area contributed by atoms with Crippen LogP contribution in [0, 0.1) is 6.92 Å². The number of hydrogen-bond donors (Lipinski definition) is 2. The molecule has 0 aliphatic carbocycles. The third-order valence-electron chi connectivity index (χ3n) is 3.84. The van der Waals surface area contributed by atoms with E-state index in [2.05, 4.69) is 15.4 Å². The molecule has 2 amide bonds. The molecule has 1 fully saturated rings. The predicted molar refractivity (Wildman–Crippen MR) is 76.2 cm³/mol. The zero-order valence-corrected chi connectivity index (χ0v) is 12.2. The van der Waals surface area contributed by atoms with Crippen LogP contribution in [-0.2, 0) is 0 Å². The minimum Gasteiger partial charge on any atom is -0.364 e. The van der Waals surface area contributed by atoms with Crippen molar-refractivity contribution in [1.29, 1.82) is 0 Å². The number of carbonyl (C=O) groups excluding carboxylic acids is 2. The molecule has 116 valence electrons. The van der Waals surface area contributed by atoms with Crippen molar-refractivity contribution in [2.45, 2.75) is 25.7 Å². The number of nitrogens with zero attached hydrogens (tertiary/aromatic N) is 3. The number of aromatic amines is 1. The summed E-state index contributed by atoms with van der Waals surface area (Å²) >= 11 is 0. The van der Waals surface area contributed by atoms with E-state index in [-0.39, 0.29) is 23.3 Å². The van der Waals surface area contributed by atoms with Crippen molar-refractivity contribution in [3.63, 3.8) is 0 Å². The number of piperidine rings is 1. The number of carbonyl (C=O) groups is 2. The van der Waals surface area contributed by atoms with Gasteiger partial charge in [0.05, 0.1) is 5.69 Å². The first kappa shape index (κ1) is 14.3. The standard InChI is InChI=1S/C14H17N5O3/c1-8-5-12(22-18-8)14(21)19-4-2-3-9(7-19)10-6-11(13(15)20)17-16-10/h5-6,9H,2-4,7H2,1H3,(H2,15,20)(H,16,17)/t9-/m1/s1. The van der Waals surface area contributed by atoms with Crippen molar-refractivity contribution >= 4 is 11.8 Å². The number of amides is 2. The monoisotopic (exact) mass is 303 g/mol. The van der Waals surface area contributed by atoms with Gasteiger partial charge in [-0.2, -0.15) is 5.10 Å². The molecule has 0 radical (unpaired) electrons. The zero-order valence-electron chi connectivity index (χ0n) is 12.2. The van der Waals surface area contributed by atoms with Crippen molar-refractivity contribution < 1.29 is 14.1 Å². The number of aryl methyl sites for hydroxylation is 1. The number of nitrogens with one attached hydrogen (secondary N) is 1. The second kappa shape index (κ2) is 5.63. The number of likely N-dealkylation sites (tertiary alicyclic amines) is 1. The van der Waals surface area contributed by atoms with E-state index in [0.717, 1.165) is 18.5 Å². The molecule has 3 heterocycles. The fourth-order valence-electron chi connectivity index (χ4n) is 2.71. The smallest absolute Gasteiger partial charge is 0.292 e. The Morgan fingerprint density at radius 3 is 2.91 bits per heavy atom. The van der Waals surface area contributed by atoms with Crippen LogP contribution >= 0.6 is 0 Å². The van der Waals surface area contributed by atoms with Gasteiger partial charge in [-0.05, 0) is 25.8 Å². The molecule has 1 saturated heterocycles. The van der Waals surface area contributed by atoms with E-state index in [1.165, 1.54) is 0 Å². The average molecular weight is 303 g/mol. The van der Waals surface area contributed by atoms with Gasteiger partial charge in [-0.25, -0.2) is 0 Å². The van der Waals surface area contributed by atoms with E-state index >= 15 is 0 Å². The Hall–Kier alpha value is -2.64. The summed E-state index contributed by atoms with van der Waals surface area (Å²) in [6, 6.07) is 3.28. The molecule has 2 aromatic heterocycles. The van der Waals surface area contributed by atoms with Crippen LogP contribution < -0.4 is 5.73 Å². The number of rotatable bonds is 3. The lowest BCUT2D eigenvalue weighted by molar-refractivity contribution is 0.0663. The van der Waals surface area contributed by atoms with Crippen LogP contribution in [0.2, 0.25) is 0 Å². The normalized spacial score (nSPS) is 18.4. The van der Waals surface area contributed by atoms with Crippen molar-refractivity contribution in [3.8, 4) is 0 Å². The molecule has 0 bridgehead atoms. The van der Waals surface area contributed by atoms with Crippen LogP contribution in [0.25, 0.3) is 0 Å². The largest absolute Gasteiger partial charge is 0.364 e. The fourth-order valence-corrected chi connectivity index (χ4v) is 2.71. The van der Waals surface area contributed by atoms with Gasteiger partial charge in [0.1, 0.15) is 5.69 Å². The molecular weight excluding hydrogens is 286 g/mol. The molecular formula is C14H17N5O3. The Labute approximate surface area is 126 Å². The van der Waals surface area contributed by atoms with Gasteiger partial charge >= 0.3 is 0 Å². The van der Waals surface area contributed by atoms with Crippen molar-refractivity contribution in [1.82, 2.24) is 20.3 Å². The van der Waals surface area contributed by atoms with E-state index in [4.69, 9.17) is 10.3 Å². The van der Waals surface area contributed by atoms with Crippen LogP contribution in [0.15, 0.2) is 16.7 Å².